The third-order valence-corrected chi connectivity index (χ3v) is 3.49. The fraction of sp³-hybridized carbons (Fsp3) is 0.500. The topological polar surface area (TPSA) is 68.7 Å². The lowest BCUT2D eigenvalue weighted by atomic mass is 9.99. The van der Waals surface area contributed by atoms with E-state index in [0.29, 0.717) is 18.8 Å². The first-order chi connectivity index (χ1) is 9.24. The van der Waals surface area contributed by atoms with E-state index in [-0.39, 0.29) is 18.1 Å². The Labute approximate surface area is 113 Å². The van der Waals surface area contributed by atoms with E-state index >= 15 is 0 Å². The van der Waals surface area contributed by atoms with Crippen LogP contribution in [-0.2, 0) is 9.53 Å². The molecule has 1 amide bonds. The number of carbonyl (C=O) groups is 1. The molecule has 1 fully saturated rings. The van der Waals surface area contributed by atoms with Crippen LogP contribution in [0.25, 0.3) is 6.08 Å². The molecule has 104 valence electrons. The molecule has 5 nitrogen and oxygen atoms in total. The SMILES string of the molecule is COC1CCN(C(=O)/C=C/c2ccco2)C(CN)C1. The summed E-state index contributed by atoms with van der Waals surface area (Å²) in [6.45, 7) is 1.14. The first-order valence-corrected chi connectivity index (χ1v) is 6.49. The number of furan rings is 1. The van der Waals surface area contributed by atoms with Crippen molar-refractivity contribution in [2.75, 3.05) is 20.2 Å². The average Bonchev–Trinajstić information content (AvgIpc) is 2.97. The van der Waals surface area contributed by atoms with Gasteiger partial charge in [-0.2, -0.15) is 0 Å². The van der Waals surface area contributed by atoms with Gasteiger partial charge >= 0.3 is 0 Å². The lowest BCUT2D eigenvalue weighted by Gasteiger charge is -2.37. The molecule has 0 spiro atoms. The second-order valence-corrected chi connectivity index (χ2v) is 4.65. The summed E-state index contributed by atoms with van der Waals surface area (Å²) in [7, 11) is 1.70. The van der Waals surface area contributed by atoms with Crippen LogP contribution < -0.4 is 5.73 Å². The molecule has 2 N–H and O–H groups in total. The molecule has 5 heteroatoms. The highest BCUT2D eigenvalue weighted by Gasteiger charge is 2.29. The number of methoxy groups -OCH3 is 1. The molecule has 19 heavy (non-hydrogen) atoms. The van der Waals surface area contributed by atoms with E-state index in [1.165, 1.54) is 6.08 Å². The van der Waals surface area contributed by atoms with E-state index < -0.39 is 0 Å². The van der Waals surface area contributed by atoms with Gasteiger partial charge in [-0.15, -0.1) is 0 Å². The number of nitrogens with two attached hydrogens (primary N) is 1. The number of nitrogens with zero attached hydrogens (tertiary/aromatic N) is 1. The van der Waals surface area contributed by atoms with Crippen LogP contribution in [0.1, 0.15) is 18.6 Å². The Hall–Kier alpha value is -1.59. The van der Waals surface area contributed by atoms with Crippen LogP contribution in [-0.4, -0.2) is 43.2 Å². The number of ether oxygens (including phenoxy) is 1. The molecule has 2 rings (SSSR count). The fourth-order valence-corrected chi connectivity index (χ4v) is 2.38. The molecule has 0 aromatic carbocycles. The summed E-state index contributed by atoms with van der Waals surface area (Å²) in [5.41, 5.74) is 5.75. The van der Waals surface area contributed by atoms with Gasteiger partial charge in [0.05, 0.1) is 12.4 Å². The van der Waals surface area contributed by atoms with Gasteiger partial charge in [0.2, 0.25) is 5.91 Å². The van der Waals surface area contributed by atoms with Crippen molar-refractivity contribution in [1.82, 2.24) is 4.90 Å². The Balaban J connectivity index is 1.98. The molecule has 1 aromatic rings. The van der Waals surface area contributed by atoms with Crippen molar-refractivity contribution in [3.8, 4) is 0 Å². The molecule has 0 aliphatic carbocycles. The highest BCUT2D eigenvalue weighted by Crippen LogP contribution is 2.19. The zero-order chi connectivity index (χ0) is 13.7. The lowest BCUT2D eigenvalue weighted by Crippen LogP contribution is -2.50. The van der Waals surface area contributed by atoms with Gasteiger partial charge in [-0.05, 0) is 31.1 Å². The Morgan fingerprint density at radius 3 is 3.16 bits per heavy atom. The third-order valence-electron chi connectivity index (χ3n) is 3.49. The van der Waals surface area contributed by atoms with E-state index in [1.54, 1.807) is 31.6 Å². The second kappa shape index (κ2) is 6.54. The molecule has 0 radical (unpaired) electrons. The van der Waals surface area contributed by atoms with Crippen LogP contribution in [0.4, 0.5) is 0 Å². The number of rotatable bonds is 4. The Morgan fingerprint density at radius 1 is 1.68 bits per heavy atom. The molecule has 1 saturated heterocycles. The maximum atomic E-state index is 12.2. The minimum absolute atomic E-state index is 0.0265. The smallest absolute Gasteiger partial charge is 0.246 e. The highest BCUT2D eigenvalue weighted by molar-refractivity contribution is 5.91. The van der Waals surface area contributed by atoms with E-state index in [0.717, 1.165) is 12.8 Å². The van der Waals surface area contributed by atoms with E-state index in [1.807, 2.05) is 4.90 Å². The van der Waals surface area contributed by atoms with Crippen molar-refractivity contribution in [3.63, 3.8) is 0 Å². The van der Waals surface area contributed by atoms with Crippen molar-refractivity contribution in [3.05, 3.63) is 30.2 Å². The molecule has 1 aliphatic heterocycles. The quantitative estimate of drug-likeness (QED) is 0.831. The van der Waals surface area contributed by atoms with Gasteiger partial charge in [-0.25, -0.2) is 0 Å². The monoisotopic (exact) mass is 264 g/mol. The minimum Gasteiger partial charge on any atom is -0.465 e. The predicted octanol–water partition coefficient (Wildman–Crippen LogP) is 1.26. The molecule has 2 unspecified atom stereocenters. The average molecular weight is 264 g/mol. The van der Waals surface area contributed by atoms with Crippen molar-refractivity contribution in [1.29, 1.82) is 0 Å². The van der Waals surface area contributed by atoms with Gasteiger partial charge in [0.1, 0.15) is 5.76 Å². The molecular weight excluding hydrogens is 244 g/mol. The summed E-state index contributed by atoms with van der Waals surface area (Å²) in [6, 6.07) is 3.64. The van der Waals surface area contributed by atoms with E-state index in [2.05, 4.69) is 0 Å². The minimum atomic E-state index is -0.0265. The first kappa shape index (κ1) is 13.8. The number of piperidine rings is 1. The third kappa shape index (κ3) is 3.45. The summed E-state index contributed by atoms with van der Waals surface area (Å²) in [6.07, 6.45) is 6.65. The summed E-state index contributed by atoms with van der Waals surface area (Å²) in [5.74, 6) is 0.644. The molecule has 0 bridgehead atoms. The Bertz CT molecular complexity index is 428. The van der Waals surface area contributed by atoms with Crippen LogP contribution in [0.5, 0.6) is 0 Å². The van der Waals surface area contributed by atoms with Crippen LogP contribution in [0.15, 0.2) is 28.9 Å². The van der Waals surface area contributed by atoms with Crippen molar-refractivity contribution in [2.45, 2.75) is 25.0 Å². The first-order valence-electron chi connectivity index (χ1n) is 6.49. The van der Waals surface area contributed by atoms with Crippen LogP contribution in [0.2, 0.25) is 0 Å². The highest BCUT2D eigenvalue weighted by atomic mass is 16.5. The fourth-order valence-electron chi connectivity index (χ4n) is 2.38. The predicted molar refractivity (Wildman–Crippen MR) is 72.3 cm³/mol. The summed E-state index contributed by atoms with van der Waals surface area (Å²) in [5, 5.41) is 0. The second-order valence-electron chi connectivity index (χ2n) is 4.65. The van der Waals surface area contributed by atoms with Gasteiger partial charge in [0, 0.05) is 32.3 Å². The maximum Gasteiger partial charge on any atom is 0.246 e. The molecule has 2 atom stereocenters. The van der Waals surface area contributed by atoms with Crippen LogP contribution in [0, 0.1) is 0 Å². The largest absolute Gasteiger partial charge is 0.465 e. The molecule has 2 heterocycles. The van der Waals surface area contributed by atoms with Gasteiger partial charge < -0.3 is 19.8 Å². The Kier molecular flexibility index (Phi) is 4.76. The normalized spacial score (nSPS) is 24.0. The van der Waals surface area contributed by atoms with Gasteiger partial charge in [-0.3, -0.25) is 4.79 Å². The molecule has 1 aromatic heterocycles. The van der Waals surface area contributed by atoms with Gasteiger partial charge in [-0.1, -0.05) is 0 Å². The van der Waals surface area contributed by atoms with Crippen LogP contribution in [0.3, 0.4) is 0 Å². The number of hydrogen-bond donors (Lipinski definition) is 1. The summed E-state index contributed by atoms with van der Waals surface area (Å²) >= 11 is 0. The number of amides is 1. The number of carbonyl (C=O) groups excluding carboxylic acids is 1. The standard InChI is InChI=1S/C14H20N2O3/c1-18-13-6-7-16(11(9-13)10-15)14(17)5-4-12-3-2-8-19-12/h2-5,8,11,13H,6-7,9-10,15H2,1H3/b5-4+. The molecular formula is C14H20N2O3. The number of hydrogen-bond acceptors (Lipinski definition) is 4. The van der Waals surface area contributed by atoms with Crippen LogP contribution >= 0.6 is 0 Å². The van der Waals surface area contributed by atoms with Gasteiger partial charge in [0.15, 0.2) is 0 Å². The maximum absolute atomic E-state index is 12.2. The van der Waals surface area contributed by atoms with Crippen molar-refractivity contribution >= 4 is 12.0 Å². The Morgan fingerprint density at radius 2 is 2.53 bits per heavy atom. The van der Waals surface area contributed by atoms with Gasteiger partial charge in [0.25, 0.3) is 0 Å². The molecule has 1 aliphatic rings. The molecule has 0 saturated carbocycles. The summed E-state index contributed by atoms with van der Waals surface area (Å²) in [4.78, 5) is 14.0. The summed E-state index contributed by atoms with van der Waals surface area (Å²) < 4.78 is 10.5. The number of likely N-dealkylation sites (tertiary alicyclic amines) is 1. The van der Waals surface area contributed by atoms with Crippen molar-refractivity contribution in [2.24, 2.45) is 5.73 Å². The zero-order valence-electron chi connectivity index (χ0n) is 11.1. The van der Waals surface area contributed by atoms with E-state index in [9.17, 15) is 4.79 Å². The van der Waals surface area contributed by atoms with E-state index in [4.69, 9.17) is 14.9 Å². The zero-order valence-corrected chi connectivity index (χ0v) is 11.1. The van der Waals surface area contributed by atoms with Crippen molar-refractivity contribution < 1.29 is 13.9 Å². The lowest BCUT2D eigenvalue weighted by molar-refractivity contribution is -0.131.